The number of unbranched alkanes of at least 4 members (excludes halogenated alkanes) is 33. The van der Waals surface area contributed by atoms with Gasteiger partial charge in [-0.3, -0.25) is 9.59 Å². The molecule has 0 spiro atoms. The van der Waals surface area contributed by atoms with Crippen LogP contribution in [0.3, 0.4) is 0 Å². The largest absolute Gasteiger partial charge is 0.481 e. The van der Waals surface area contributed by atoms with Crippen LogP contribution >= 0.6 is 0 Å². The summed E-state index contributed by atoms with van der Waals surface area (Å²) in [6, 6.07) is 5.02. The van der Waals surface area contributed by atoms with Crippen LogP contribution in [-0.2, 0) is 9.59 Å². The summed E-state index contributed by atoms with van der Waals surface area (Å²) in [7, 11) is 0. The Morgan fingerprint density at radius 3 is 0.500 bits per heavy atom. The van der Waals surface area contributed by atoms with E-state index in [0.29, 0.717) is 12.8 Å². The molecule has 1 aromatic rings. The van der Waals surface area contributed by atoms with E-state index in [-0.39, 0.29) is 11.1 Å². The molecular formula is C46H80O8. The quantitative estimate of drug-likeness (QED) is 0.0484. The Bertz CT molecular complexity index is 941. The van der Waals surface area contributed by atoms with Gasteiger partial charge in [-0.1, -0.05) is 205 Å². The molecule has 0 heterocycles. The van der Waals surface area contributed by atoms with Gasteiger partial charge in [0.1, 0.15) is 0 Å². The minimum absolute atomic E-state index is 0.0833. The first-order valence-corrected chi connectivity index (χ1v) is 22.2. The average molecular weight is 761 g/mol. The number of carboxylic acid groups (broad SMARTS) is 4. The van der Waals surface area contributed by atoms with Gasteiger partial charge in [-0.15, -0.1) is 0 Å². The van der Waals surface area contributed by atoms with Gasteiger partial charge in [-0.25, -0.2) is 9.59 Å². The number of aliphatic carboxylic acids is 2. The molecule has 0 aliphatic rings. The summed E-state index contributed by atoms with van der Waals surface area (Å²) >= 11 is 0. The summed E-state index contributed by atoms with van der Waals surface area (Å²) in [6.45, 7) is 0. The Labute approximate surface area is 329 Å². The van der Waals surface area contributed by atoms with E-state index in [9.17, 15) is 19.2 Å². The second kappa shape index (κ2) is 39.8. The molecule has 0 aliphatic heterocycles. The molecule has 0 saturated carbocycles. The van der Waals surface area contributed by atoms with Crippen molar-refractivity contribution in [2.75, 3.05) is 0 Å². The lowest BCUT2D eigenvalue weighted by Crippen LogP contribution is -1.99. The van der Waals surface area contributed by atoms with Crippen LogP contribution in [0.15, 0.2) is 24.3 Å². The van der Waals surface area contributed by atoms with E-state index in [1.54, 1.807) is 0 Å². The summed E-state index contributed by atoms with van der Waals surface area (Å²) in [6.07, 6.45) is 46.4. The molecule has 0 atom stereocenters. The molecule has 0 saturated heterocycles. The van der Waals surface area contributed by atoms with Crippen molar-refractivity contribution in [3.8, 4) is 0 Å². The second-order valence-electron chi connectivity index (χ2n) is 15.5. The van der Waals surface area contributed by atoms with Crippen molar-refractivity contribution in [2.24, 2.45) is 0 Å². The zero-order chi connectivity index (χ0) is 39.7. The number of benzene rings is 1. The highest BCUT2D eigenvalue weighted by Crippen LogP contribution is 2.17. The molecule has 0 aromatic heterocycles. The summed E-state index contributed by atoms with van der Waals surface area (Å²) in [5, 5.41) is 34.2. The smallest absolute Gasteiger partial charge is 0.335 e. The maximum atomic E-state index is 10.5. The molecule has 8 nitrogen and oxygen atoms in total. The van der Waals surface area contributed by atoms with Crippen molar-refractivity contribution >= 4 is 23.9 Å². The minimum atomic E-state index is -1.06. The van der Waals surface area contributed by atoms with Gasteiger partial charge in [0.25, 0.3) is 0 Å². The molecule has 54 heavy (non-hydrogen) atoms. The summed E-state index contributed by atoms with van der Waals surface area (Å²) in [5.41, 5.74) is 0.167. The Morgan fingerprint density at radius 1 is 0.259 bits per heavy atom. The highest BCUT2D eigenvalue weighted by atomic mass is 16.4. The second-order valence-corrected chi connectivity index (χ2v) is 15.5. The third kappa shape index (κ3) is 38.8. The molecule has 4 N–H and O–H groups in total. The predicted molar refractivity (Wildman–Crippen MR) is 222 cm³/mol. The first-order chi connectivity index (χ1) is 26.2. The summed E-state index contributed by atoms with van der Waals surface area (Å²) in [5.74, 6) is -3.43. The molecule has 1 aromatic carbocycles. The van der Waals surface area contributed by atoms with Gasteiger partial charge in [-0.2, -0.15) is 0 Å². The first-order valence-electron chi connectivity index (χ1n) is 22.2. The normalized spacial score (nSPS) is 10.9. The molecule has 0 amide bonds. The molecule has 0 bridgehead atoms. The topological polar surface area (TPSA) is 149 Å². The van der Waals surface area contributed by atoms with Crippen LogP contribution in [0.1, 0.15) is 252 Å². The van der Waals surface area contributed by atoms with E-state index in [1.807, 2.05) is 0 Å². The van der Waals surface area contributed by atoms with Crippen molar-refractivity contribution in [1.82, 2.24) is 0 Å². The monoisotopic (exact) mass is 761 g/mol. The number of carbonyl (C=O) groups is 4. The lowest BCUT2D eigenvalue weighted by molar-refractivity contribution is -0.138. The number of carboxylic acids is 4. The highest BCUT2D eigenvalue weighted by Gasteiger charge is 2.05. The van der Waals surface area contributed by atoms with Crippen LogP contribution in [0.25, 0.3) is 0 Å². The Hall–Kier alpha value is -2.90. The molecule has 0 unspecified atom stereocenters. The number of hydrogen-bond acceptors (Lipinski definition) is 4. The lowest BCUT2D eigenvalue weighted by atomic mass is 10.0. The maximum absolute atomic E-state index is 10.5. The molecular weight excluding hydrogens is 680 g/mol. The fourth-order valence-corrected chi connectivity index (χ4v) is 6.96. The highest BCUT2D eigenvalue weighted by molar-refractivity contribution is 5.91. The Kier molecular flexibility index (Phi) is 37.6. The van der Waals surface area contributed by atoms with Gasteiger partial charge >= 0.3 is 23.9 Å². The molecule has 0 aliphatic carbocycles. The zero-order valence-electron chi connectivity index (χ0n) is 34.2. The van der Waals surface area contributed by atoms with Crippen LogP contribution in [0, 0.1) is 0 Å². The predicted octanol–water partition coefficient (Wildman–Crippen LogP) is 14.3. The Balaban J connectivity index is 0.00000196. The van der Waals surface area contributed by atoms with Crippen LogP contribution in [0.4, 0.5) is 0 Å². The summed E-state index contributed by atoms with van der Waals surface area (Å²) < 4.78 is 0. The van der Waals surface area contributed by atoms with Gasteiger partial charge in [-0.05, 0) is 37.1 Å². The SMILES string of the molecule is O=C(O)CCCCCCCCCCCCCCCCCCCCCCCCCCCCCCCCCCCCC(=O)O.O=C(O)c1ccc(C(=O)O)cc1. The van der Waals surface area contributed by atoms with Crippen LogP contribution in [0.2, 0.25) is 0 Å². The van der Waals surface area contributed by atoms with Crippen molar-refractivity contribution in [3.63, 3.8) is 0 Å². The molecule has 0 radical (unpaired) electrons. The van der Waals surface area contributed by atoms with E-state index < -0.39 is 23.9 Å². The van der Waals surface area contributed by atoms with Gasteiger partial charge in [0, 0.05) is 12.8 Å². The van der Waals surface area contributed by atoms with Crippen molar-refractivity contribution < 1.29 is 39.6 Å². The average Bonchev–Trinajstić information content (AvgIpc) is 3.14. The van der Waals surface area contributed by atoms with Crippen molar-refractivity contribution in [3.05, 3.63) is 35.4 Å². The van der Waals surface area contributed by atoms with E-state index in [0.717, 1.165) is 25.7 Å². The van der Waals surface area contributed by atoms with Crippen LogP contribution in [0.5, 0.6) is 0 Å². The maximum Gasteiger partial charge on any atom is 0.335 e. The van der Waals surface area contributed by atoms with Crippen LogP contribution < -0.4 is 0 Å². The number of rotatable bonds is 39. The Morgan fingerprint density at radius 2 is 0.389 bits per heavy atom. The third-order valence-electron chi connectivity index (χ3n) is 10.4. The van der Waals surface area contributed by atoms with E-state index in [2.05, 4.69) is 0 Å². The molecule has 0 fully saturated rings. The molecule has 1 rings (SSSR count). The van der Waals surface area contributed by atoms with Crippen molar-refractivity contribution in [2.45, 2.75) is 231 Å². The number of hydrogen-bond donors (Lipinski definition) is 4. The van der Waals surface area contributed by atoms with Crippen LogP contribution in [-0.4, -0.2) is 44.3 Å². The fourth-order valence-electron chi connectivity index (χ4n) is 6.96. The van der Waals surface area contributed by atoms with E-state index in [4.69, 9.17) is 20.4 Å². The van der Waals surface area contributed by atoms with Gasteiger partial charge in [0.2, 0.25) is 0 Å². The molecule has 312 valence electrons. The first kappa shape index (κ1) is 51.1. The fraction of sp³-hybridized carbons (Fsp3) is 0.783. The lowest BCUT2D eigenvalue weighted by Gasteiger charge is -2.05. The molecule has 8 heteroatoms. The van der Waals surface area contributed by atoms with Crippen molar-refractivity contribution in [1.29, 1.82) is 0 Å². The summed E-state index contributed by atoms with van der Waals surface area (Å²) in [4.78, 5) is 41.6. The van der Waals surface area contributed by atoms with Gasteiger partial charge in [0.05, 0.1) is 11.1 Å². The zero-order valence-corrected chi connectivity index (χ0v) is 34.2. The minimum Gasteiger partial charge on any atom is -0.481 e. The van der Waals surface area contributed by atoms with Gasteiger partial charge in [0.15, 0.2) is 0 Å². The van der Waals surface area contributed by atoms with E-state index >= 15 is 0 Å². The standard InChI is InChI=1S/C38H74O4.C8H6O4/c39-37(40)35-33-31-29-27-25-23-21-19-17-15-13-11-9-7-5-3-1-2-4-6-8-10-12-14-16-18-20-22-24-26-28-30-32-34-36-38(41)42;9-7(10)5-1-2-6(4-3-5)8(11)12/h1-36H2,(H,39,40)(H,41,42);1-4H,(H,9,10)(H,11,12). The van der Waals surface area contributed by atoms with Gasteiger partial charge < -0.3 is 20.4 Å². The third-order valence-corrected chi connectivity index (χ3v) is 10.4. The number of aromatic carboxylic acids is 2. The van der Waals surface area contributed by atoms with E-state index in [1.165, 1.54) is 217 Å².